The van der Waals surface area contributed by atoms with Gasteiger partial charge in [0.15, 0.2) is 0 Å². The second kappa shape index (κ2) is 4.63. The fourth-order valence-corrected chi connectivity index (χ4v) is 3.16. The van der Waals surface area contributed by atoms with Crippen LogP contribution in [0.25, 0.3) is 0 Å². The molecule has 0 radical (unpaired) electrons. The molecular formula is C12H24N2. The normalized spacial score (nSPS) is 35.6. The molecule has 2 nitrogen and oxygen atoms in total. The topological polar surface area (TPSA) is 29.3 Å². The predicted octanol–water partition coefficient (Wildman–Crippen LogP) is 1.99. The van der Waals surface area contributed by atoms with E-state index in [1.807, 2.05) is 0 Å². The first kappa shape index (κ1) is 10.4. The zero-order valence-corrected chi connectivity index (χ0v) is 9.41. The van der Waals surface area contributed by atoms with Crippen molar-refractivity contribution in [2.45, 2.75) is 57.5 Å². The van der Waals surface area contributed by atoms with E-state index >= 15 is 0 Å². The maximum atomic E-state index is 6.03. The van der Waals surface area contributed by atoms with Crippen molar-refractivity contribution in [3.05, 3.63) is 0 Å². The Hall–Kier alpha value is -0.0800. The Morgan fingerprint density at radius 2 is 2.07 bits per heavy atom. The van der Waals surface area contributed by atoms with E-state index in [1.165, 1.54) is 38.6 Å². The molecule has 2 fully saturated rings. The van der Waals surface area contributed by atoms with Gasteiger partial charge in [0.2, 0.25) is 0 Å². The highest BCUT2D eigenvalue weighted by Crippen LogP contribution is 2.35. The van der Waals surface area contributed by atoms with E-state index in [0.717, 1.165) is 24.9 Å². The van der Waals surface area contributed by atoms with Crippen molar-refractivity contribution in [2.75, 3.05) is 13.1 Å². The van der Waals surface area contributed by atoms with Crippen LogP contribution in [0.2, 0.25) is 0 Å². The molecule has 0 aromatic carbocycles. The van der Waals surface area contributed by atoms with Gasteiger partial charge in [-0.05, 0) is 38.1 Å². The monoisotopic (exact) mass is 196 g/mol. The van der Waals surface area contributed by atoms with E-state index in [4.69, 9.17) is 5.73 Å². The summed E-state index contributed by atoms with van der Waals surface area (Å²) in [5, 5.41) is 0. The summed E-state index contributed by atoms with van der Waals surface area (Å²) in [4.78, 5) is 2.66. The Balaban J connectivity index is 1.87. The van der Waals surface area contributed by atoms with Crippen molar-refractivity contribution < 1.29 is 0 Å². The Morgan fingerprint density at radius 1 is 1.29 bits per heavy atom. The number of nitrogens with zero attached hydrogens (tertiary/aromatic N) is 1. The summed E-state index contributed by atoms with van der Waals surface area (Å²) in [6.07, 6.45) is 8.37. The quantitative estimate of drug-likeness (QED) is 0.748. The fourth-order valence-electron chi connectivity index (χ4n) is 3.16. The van der Waals surface area contributed by atoms with Crippen LogP contribution in [0.4, 0.5) is 0 Å². The molecule has 0 unspecified atom stereocenters. The molecule has 82 valence electrons. The van der Waals surface area contributed by atoms with Gasteiger partial charge in [-0.25, -0.2) is 0 Å². The van der Waals surface area contributed by atoms with Gasteiger partial charge < -0.3 is 5.73 Å². The molecule has 1 saturated carbocycles. The van der Waals surface area contributed by atoms with Crippen molar-refractivity contribution in [3.8, 4) is 0 Å². The molecule has 0 aromatic rings. The van der Waals surface area contributed by atoms with E-state index in [0.29, 0.717) is 6.04 Å². The third-order valence-electron chi connectivity index (χ3n) is 4.12. The third-order valence-corrected chi connectivity index (χ3v) is 4.12. The molecular weight excluding hydrogens is 172 g/mol. The highest BCUT2D eigenvalue weighted by Gasteiger charge is 2.35. The van der Waals surface area contributed by atoms with Crippen LogP contribution in [-0.2, 0) is 0 Å². The minimum atomic E-state index is 0.399. The first-order chi connectivity index (χ1) is 6.81. The molecule has 14 heavy (non-hydrogen) atoms. The van der Waals surface area contributed by atoms with Crippen molar-refractivity contribution in [1.29, 1.82) is 0 Å². The lowest BCUT2D eigenvalue weighted by Gasteiger charge is -2.32. The van der Waals surface area contributed by atoms with Gasteiger partial charge in [0.05, 0.1) is 0 Å². The van der Waals surface area contributed by atoms with Gasteiger partial charge in [-0.2, -0.15) is 0 Å². The summed E-state index contributed by atoms with van der Waals surface area (Å²) in [6.45, 7) is 4.64. The number of fused-ring (bicyclic) bond motifs is 1. The van der Waals surface area contributed by atoms with Crippen LogP contribution < -0.4 is 5.73 Å². The van der Waals surface area contributed by atoms with Crippen LogP contribution in [0.1, 0.15) is 45.4 Å². The Labute approximate surface area is 87.8 Å². The molecule has 2 rings (SSSR count). The summed E-state index contributed by atoms with van der Waals surface area (Å²) in [5.74, 6) is 1.01. The van der Waals surface area contributed by atoms with Gasteiger partial charge in [-0.3, -0.25) is 4.90 Å². The molecule has 0 bridgehead atoms. The minimum absolute atomic E-state index is 0.399. The Kier molecular flexibility index (Phi) is 3.45. The molecule has 2 heteroatoms. The second-order valence-corrected chi connectivity index (χ2v) is 5.06. The van der Waals surface area contributed by atoms with E-state index in [9.17, 15) is 0 Å². The minimum Gasteiger partial charge on any atom is -0.327 e. The first-order valence-electron chi connectivity index (χ1n) is 6.31. The molecule has 1 aliphatic carbocycles. The average Bonchev–Trinajstić information content (AvgIpc) is 2.62. The van der Waals surface area contributed by atoms with Gasteiger partial charge in [0.25, 0.3) is 0 Å². The largest absolute Gasteiger partial charge is 0.327 e. The standard InChI is InChI=1S/C12H24N2/c1-2-11(13)9-14-8-7-10-5-3-4-6-12(10)14/h10-12H,2-9,13H2,1H3/t10-,11-,12-/m0/s1. The van der Waals surface area contributed by atoms with Crippen LogP contribution in [-0.4, -0.2) is 30.1 Å². The SMILES string of the molecule is CC[C@H](N)CN1CC[C@@H]2CCCC[C@@H]21. The number of nitrogens with two attached hydrogens (primary N) is 1. The Bertz CT molecular complexity index is 181. The van der Waals surface area contributed by atoms with Crippen LogP contribution in [0.3, 0.4) is 0 Å². The van der Waals surface area contributed by atoms with Crippen LogP contribution in [0, 0.1) is 5.92 Å². The average molecular weight is 196 g/mol. The summed E-state index contributed by atoms with van der Waals surface area (Å²) < 4.78 is 0. The first-order valence-corrected chi connectivity index (χ1v) is 6.31. The zero-order valence-electron chi connectivity index (χ0n) is 9.41. The van der Waals surface area contributed by atoms with E-state index < -0.39 is 0 Å². The number of hydrogen-bond donors (Lipinski definition) is 1. The highest BCUT2D eigenvalue weighted by atomic mass is 15.2. The van der Waals surface area contributed by atoms with Crippen LogP contribution in [0.5, 0.6) is 0 Å². The molecule has 2 N–H and O–H groups in total. The zero-order chi connectivity index (χ0) is 9.97. The number of rotatable bonds is 3. The molecule has 0 spiro atoms. The van der Waals surface area contributed by atoms with Gasteiger partial charge in [-0.15, -0.1) is 0 Å². The number of likely N-dealkylation sites (tertiary alicyclic amines) is 1. The molecule has 3 atom stereocenters. The fraction of sp³-hybridized carbons (Fsp3) is 1.00. The lowest BCUT2D eigenvalue weighted by molar-refractivity contribution is 0.173. The van der Waals surface area contributed by atoms with Crippen molar-refractivity contribution in [3.63, 3.8) is 0 Å². The smallest absolute Gasteiger partial charge is 0.0165 e. The van der Waals surface area contributed by atoms with Gasteiger partial charge in [-0.1, -0.05) is 19.8 Å². The molecule has 0 amide bonds. The summed E-state index contributed by atoms with van der Waals surface area (Å²) >= 11 is 0. The van der Waals surface area contributed by atoms with E-state index in [2.05, 4.69) is 11.8 Å². The molecule has 2 aliphatic rings. The lowest BCUT2D eigenvalue weighted by Crippen LogP contribution is -2.42. The maximum absolute atomic E-state index is 6.03. The van der Waals surface area contributed by atoms with Crippen LogP contribution >= 0.6 is 0 Å². The van der Waals surface area contributed by atoms with Crippen molar-refractivity contribution in [1.82, 2.24) is 4.90 Å². The van der Waals surface area contributed by atoms with Gasteiger partial charge in [0, 0.05) is 18.6 Å². The lowest BCUT2D eigenvalue weighted by atomic mass is 9.85. The Morgan fingerprint density at radius 3 is 2.86 bits per heavy atom. The third kappa shape index (κ3) is 2.12. The van der Waals surface area contributed by atoms with Gasteiger partial charge in [0.1, 0.15) is 0 Å². The summed E-state index contributed by atoms with van der Waals surface area (Å²) in [6, 6.07) is 1.29. The highest BCUT2D eigenvalue weighted by molar-refractivity contribution is 4.90. The van der Waals surface area contributed by atoms with E-state index in [1.54, 1.807) is 0 Å². The maximum Gasteiger partial charge on any atom is 0.0165 e. The summed E-state index contributed by atoms with van der Waals surface area (Å²) in [5.41, 5.74) is 6.03. The van der Waals surface area contributed by atoms with Crippen molar-refractivity contribution >= 4 is 0 Å². The molecule has 1 saturated heterocycles. The van der Waals surface area contributed by atoms with E-state index in [-0.39, 0.29) is 0 Å². The van der Waals surface area contributed by atoms with Gasteiger partial charge >= 0.3 is 0 Å². The summed E-state index contributed by atoms with van der Waals surface area (Å²) in [7, 11) is 0. The molecule has 0 aromatic heterocycles. The molecule has 1 heterocycles. The number of hydrogen-bond acceptors (Lipinski definition) is 2. The molecule has 1 aliphatic heterocycles. The van der Waals surface area contributed by atoms with Crippen molar-refractivity contribution in [2.24, 2.45) is 11.7 Å². The second-order valence-electron chi connectivity index (χ2n) is 5.06. The predicted molar refractivity (Wildman–Crippen MR) is 60.2 cm³/mol. The van der Waals surface area contributed by atoms with Crippen LogP contribution in [0.15, 0.2) is 0 Å².